The molecular weight excluding hydrogens is 206 g/mol. The van der Waals surface area contributed by atoms with E-state index < -0.39 is 0 Å². The van der Waals surface area contributed by atoms with E-state index in [2.05, 4.69) is 19.2 Å². The molecule has 2 rings (SSSR count). The molecule has 4 heteroatoms. The van der Waals surface area contributed by atoms with Gasteiger partial charge in [-0.3, -0.25) is 14.9 Å². The van der Waals surface area contributed by atoms with E-state index >= 15 is 0 Å². The first-order valence-corrected chi connectivity index (χ1v) is 6.03. The Bertz CT molecular complexity index is 301. The normalized spacial score (nSPS) is 35.6. The second-order valence-corrected chi connectivity index (χ2v) is 5.16. The standard InChI is InChI=1S/C12H19NO3/c1-7(2)10-5-8(3-4-16-10)9-6-11(14)13-12(9)15/h7-10H,3-6H2,1-2H3,(H,13,14,15). The lowest BCUT2D eigenvalue weighted by atomic mass is 9.80. The molecule has 0 spiro atoms. The summed E-state index contributed by atoms with van der Waals surface area (Å²) in [6.45, 7) is 4.98. The van der Waals surface area contributed by atoms with Gasteiger partial charge in [0.2, 0.25) is 11.8 Å². The number of rotatable bonds is 2. The fourth-order valence-electron chi connectivity index (χ4n) is 2.64. The van der Waals surface area contributed by atoms with E-state index in [0.717, 1.165) is 12.8 Å². The fourth-order valence-corrected chi connectivity index (χ4v) is 2.64. The van der Waals surface area contributed by atoms with Crippen LogP contribution in [0.1, 0.15) is 33.1 Å². The van der Waals surface area contributed by atoms with Crippen molar-refractivity contribution >= 4 is 11.8 Å². The molecule has 2 aliphatic heterocycles. The molecule has 0 aromatic carbocycles. The Balaban J connectivity index is 1.99. The largest absolute Gasteiger partial charge is 0.378 e. The zero-order valence-corrected chi connectivity index (χ0v) is 9.86. The summed E-state index contributed by atoms with van der Waals surface area (Å²) in [6.07, 6.45) is 2.41. The molecule has 2 fully saturated rings. The summed E-state index contributed by atoms with van der Waals surface area (Å²) in [5, 5.41) is 2.39. The van der Waals surface area contributed by atoms with Gasteiger partial charge in [0.15, 0.2) is 0 Å². The lowest BCUT2D eigenvalue weighted by Gasteiger charge is -2.33. The lowest BCUT2D eigenvalue weighted by molar-refractivity contribution is -0.127. The molecule has 16 heavy (non-hydrogen) atoms. The van der Waals surface area contributed by atoms with Crippen molar-refractivity contribution in [2.24, 2.45) is 17.8 Å². The highest BCUT2D eigenvalue weighted by atomic mass is 16.5. The Morgan fingerprint density at radius 2 is 2.12 bits per heavy atom. The Labute approximate surface area is 95.7 Å². The molecule has 0 bridgehead atoms. The highest BCUT2D eigenvalue weighted by Crippen LogP contribution is 2.33. The maximum atomic E-state index is 11.6. The number of carbonyl (C=O) groups excluding carboxylic acids is 2. The highest BCUT2D eigenvalue weighted by molar-refractivity contribution is 6.03. The number of hydrogen-bond donors (Lipinski definition) is 1. The van der Waals surface area contributed by atoms with Crippen LogP contribution < -0.4 is 5.32 Å². The van der Waals surface area contributed by atoms with Gasteiger partial charge in [-0.1, -0.05) is 13.8 Å². The summed E-state index contributed by atoms with van der Waals surface area (Å²) in [5.41, 5.74) is 0. The third kappa shape index (κ3) is 2.26. The Morgan fingerprint density at radius 1 is 1.38 bits per heavy atom. The Morgan fingerprint density at radius 3 is 2.69 bits per heavy atom. The predicted octanol–water partition coefficient (Wildman–Crippen LogP) is 1.10. The summed E-state index contributed by atoms with van der Waals surface area (Å²) in [6, 6.07) is 0. The molecule has 0 radical (unpaired) electrons. The third-order valence-electron chi connectivity index (χ3n) is 3.67. The van der Waals surface area contributed by atoms with E-state index in [1.54, 1.807) is 0 Å². The van der Waals surface area contributed by atoms with Crippen LogP contribution in [-0.4, -0.2) is 24.5 Å². The summed E-state index contributed by atoms with van der Waals surface area (Å²) in [7, 11) is 0. The van der Waals surface area contributed by atoms with Gasteiger partial charge in [0.05, 0.1) is 12.0 Å². The van der Waals surface area contributed by atoms with Crippen molar-refractivity contribution in [2.75, 3.05) is 6.61 Å². The minimum atomic E-state index is -0.123. The average Bonchev–Trinajstić information content (AvgIpc) is 2.58. The maximum Gasteiger partial charge on any atom is 0.230 e. The van der Waals surface area contributed by atoms with E-state index in [1.807, 2.05) is 0 Å². The summed E-state index contributed by atoms with van der Waals surface area (Å²) in [5.74, 6) is 0.468. The van der Waals surface area contributed by atoms with Gasteiger partial charge in [-0.05, 0) is 24.7 Å². The van der Waals surface area contributed by atoms with E-state index in [9.17, 15) is 9.59 Å². The van der Waals surface area contributed by atoms with Crippen molar-refractivity contribution in [1.82, 2.24) is 5.32 Å². The van der Waals surface area contributed by atoms with Gasteiger partial charge in [0, 0.05) is 13.0 Å². The second kappa shape index (κ2) is 4.53. The van der Waals surface area contributed by atoms with Crippen LogP contribution >= 0.6 is 0 Å². The zero-order valence-electron chi connectivity index (χ0n) is 9.86. The van der Waals surface area contributed by atoms with Crippen LogP contribution in [-0.2, 0) is 14.3 Å². The van der Waals surface area contributed by atoms with Crippen LogP contribution in [0.15, 0.2) is 0 Å². The third-order valence-corrected chi connectivity index (χ3v) is 3.67. The topological polar surface area (TPSA) is 55.4 Å². The number of carbonyl (C=O) groups is 2. The van der Waals surface area contributed by atoms with Crippen LogP contribution in [0.3, 0.4) is 0 Å². The molecule has 2 aliphatic rings. The van der Waals surface area contributed by atoms with E-state index in [0.29, 0.717) is 24.9 Å². The summed E-state index contributed by atoms with van der Waals surface area (Å²) in [4.78, 5) is 22.7. The van der Waals surface area contributed by atoms with Crippen LogP contribution in [0.4, 0.5) is 0 Å². The fraction of sp³-hybridized carbons (Fsp3) is 0.833. The van der Waals surface area contributed by atoms with Crippen molar-refractivity contribution in [3.63, 3.8) is 0 Å². The molecule has 3 atom stereocenters. The SMILES string of the molecule is CC(C)C1CC(C2CC(=O)NC2=O)CCO1. The van der Waals surface area contributed by atoms with E-state index in [4.69, 9.17) is 4.74 Å². The zero-order chi connectivity index (χ0) is 11.7. The number of imide groups is 1. The molecular formula is C12H19NO3. The van der Waals surface area contributed by atoms with Crippen LogP contribution in [0.5, 0.6) is 0 Å². The molecule has 2 saturated heterocycles. The molecule has 0 aliphatic carbocycles. The summed E-state index contributed by atoms with van der Waals surface area (Å²) >= 11 is 0. The lowest BCUT2D eigenvalue weighted by Crippen LogP contribution is -2.35. The Kier molecular flexibility index (Phi) is 3.28. The molecule has 1 N–H and O–H groups in total. The first kappa shape index (κ1) is 11.6. The minimum Gasteiger partial charge on any atom is -0.378 e. The number of amides is 2. The first-order valence-electron chi connectivity index (χ1n) is 6.03. The molecule has 2 heterocycles. The van der Waals surface area contributed by atoms with E-state index in [-0.39, 0.29) is 23.8 Å². The van der Waals surface area contributed by atoms with Crippen molar-refractivity contribution in [3.05, 3.63) is 0 Å². The molecule has 90 valence electrons. The number of nitrogens with one attached hydrogen (secondary N) is 1. The molecule has 3 unspecified atom stereocenters. The maximum absolute atomic E-state index is 11.6. The molecule has 0 aromatic heterocycles. The monoisotopic (exact) mass is 225 g/mol. The number of hydrogen-bond acceptors (Lipinski definition) is 3. The minimum absolute atomic E-state index is 0.0839. The van der Waals surface area contributed by atoms with Gasteiger partial charge in [-0.15, -0.1) is 0 Å². The van der Waals surface area contributed by atoms with Crippen molar-refractivity contribution in [2.45, 2.75) is 39.2 Å². The van der Waals surface area contributed by atoms with Gasteiger partial charge in [-0.25, -0.2) is 0 Å². The smallest absolute Gasteiger partial charge is 0.230 e. The number of ether oxygens (including phenoxy) is 1. The van der Waals surface area contributed by atoms with Gasteiger partial charge in [0.1, 0.15) is 0 Å². The molecule has 2 amide bonds. The molecule has 4 nitrogen and oxygen atoms in total. The highest BCUT2D eigenvalue weighted by Gasteiger charge is 2.39. The van der Waals surface area contributed by atoms with Gasteiger partial charge in [-0.2, -0.15) is 0 Å². The van der Waals surface area contributed by atoms with Crippen LogP contribution in [0, 0.1) is 17.8 Å². The quantitative estimate of drug-likeness (QED) is 0.716. The molecule has 0 saturated carbocycles. The second-order valence-electron chi connectivity index (χ2n) is 5.16. The van der Waals surface area contributed by atoms with Gasteiger partial charge >= 0.3 is 0 Å². The van der Waals surface area contributed by atoms with Crippen LogP contribution in [0.25, 0.3) is 0 Å². The van der Waals surface area contributed by atoms with Crippen LogP contribution in [0.2, 0.25) is 0 Å². The summed E-state index contributed by atoms with van der Waals surface area (Å²) < 4.78 is 5.67. The Hall–Kier alpha value is -0.900. The first-order chi connectivity index (χ1) is 7.58. The average molecular weight is 225 g/mol. The predicted molar refractivity (Wildman–Crippen MR) is 58.6 cm³/mol. The van der Waals surface area contributed by atoms with Gasteiger partial charge in [0.25, 0.3) is 0 Å². The van der Waals surface area contributed by atoms with Gasteiger partial charge < -0.3 is 4.74 Å². The van der Waals surface area contributed by atoms with Crippen molar-refractivity contribution < 1.29 is 14.3 Å². The van der Waals surface area contributed by atoms with E-state index in [1.165, 1.54) is 0 Å². The molecule has 0 aromatic rings. The van der Waals surface area contributed by atoms with Crippen molar-refractivity contribution in [3.8, 4) is 0 Å². The van der Waals surface area contributed by atoms with Crippen molar-refractivity contribution in [1.29, 1.82) is 0 Å².